The fourth-order valence-corrected chi connectivity index (χ4v) is 4.52. The van der Waals surface area contributed by atoms with Gasteiger partial charge in [-0.25, -0.2) is 0 Å². The third kappa shape index (κ3) is 5.52. The smallest absolute Gasteiger partial charge is 0.260 e. The van der Waals surface area contributed by atoms with E-state index in [1.54, 1.807) is 24.3 Å². The fraction of sp³-hybridized carbons (Fsp3) is 0.440. The van der Waals surface area contributed by atoms with Crippen LogP contribution in [0.3, 0.4) is 0 Å². The van der Waals surface area contributed by atoms with Gasteiger partial charge in [-0.15, -0.1) is 0 Å². The van der Waals surface area contributed by atoms with Crippen molar-refractivity contribution in [1.29, 1.82) is 0 Å². The van der Waals surface area contributed by atoms with Crippen LogP contribution in [0.4, 0.5) is 0 Å². The molecule has 3 atom stereocenters. The monoisotopic (exact) mass is 453 g/mol. The molecule has 33 heavy (non-hydrogen) atoms. The average Bonchev–Trinajstić information content (AvgIpc) is 3.20. The number of benzene rings is 2. The van der Waals surface area contributed by atoms with Gasteiger partial charge in [0.05, 0.1) is 12.2 Å². The van der Waals surface area contributed by atoms with Crippen LogP contribution in [0.5, 0.6) is 5.75 Å². The number of piperidine rings is 1. The molecule has 4 rings (SSSR count). The van der Waals surface area contributed by atoms with Crippen LogP contribution in [-0.4, -0.2) is 76.8 Å². The highest BCUT2D eigenvalue weighted by atomic mass is 16.5. The first-order valence-corrected chi connectivity index (χ1v) is 11.4. The Labute approximate surface area is 193 Å². The molecule has 2 aliphatic rings. The number of hydrogen-bond donors (Lipinski definition) is 3. The van der Waals surface area contributed by atoms with Crippen LogP contribution in [-0.2, 0) is 11.3 Å². The van der Waals surface area contributed by atoms with E-state index in [1.165, 1.54) is 10.5 Å². The maximum atomic E-state index is 13.2. The van der Waals surface area contributed by atoms with E-state index in [0.29, 0.717) is 30.9 Å². The Hall–Kier alpha value is -2.94. The number of ether oxygens (including phenoxy) is 1. The van der Waals surface area contributed by atoms with Crippen LogP contribution < -0.4 is 10.5 Å². The van der Waals surface area contributed by atoms with Gasteiger partial charge in [-0.2, -0.15) is 0 Å². The van der Waals surface area contributed by atoms with Crippen molar-refractivity contribution in [2.75, 3.05) is 32.8 Å². The fourth-order valence-electron chi connectivity index (χ4n) is 4.52. The van der Waals surface area contributed by atoms with Gasteiger partial charge in [0.25, 0.3) is 11.8 Å². The summed E-state index contributed by atoms with van der Waals surface area (Å²) >= 11 is 0. The number of nitrogens with two attached hydrogens (primary N) is 1. The molecule has 8 heteroatoms. The zero-order valence-electron chi connectivity index (χ0n) is 18.6. The molecule has 2 amide bonds. The van der Waals surface area contributed by atoms with Gasteiger partial charge < -0.3 is 30.5 Å². The molecule has 2 aromatic rings. The number of carbonyl (C=O) groups is 2. The van der Waals surface area contributed by atoms with Crippen LogP contribution in [0.15, 0.2) is 48.5 Å². The van der Waals surface area contributed by atoms with Gasteiger partial charge in [-0.05, 0) is 42.2 Å². The Morgan fingerprint density at radius 2 is 1.76 bits per heavy atom. The largest absolute Gasteiger partial charge is 0.484 e. The van der Waals surface area contributed by atoms with Gasteiger partial charge in [-0.1, -0.05) is 30.3 Å². The predicted octanol–water partition coefficient (Wildman–Crippen LogP) is 1.11. The molecule has 8 nitrogen and oxygen atoms in total. The van der Waals surface area contributed by atoms with Crippen molar-refractivity contribution in [2.45, 2.75) is 37.5 Å². The summed E-state index contributed by atoms with van der Waals surface area (Å²) in [6.45, 7) is 1.81. The van der Waals surface area contributed by atoms with E-state index in [1.807, 2.05) is 17.0 Å². The summed E-state index contributed by atoms with van der Waals surface area (Å²) < 4.78 is 5.61. The first-order chi connectivity index (χ1) is 15.9. The SMILES string of the molecule is NCc1cccc(C2CCCN(C(=O)c3cccc(OCC(=O)N4C[C@@H](O)[C@@H](O)C4)c3)C2)c1. The van der Waals surface area contributed by atoms with Crippen LogP contribution >= 0.6 is 0 Å². The van der Waals surface area contributed by atoms with Crippen LogP contribution in [0, 0.1) is 0 Å². The molecule has 2 fully saturated rings. The minimum Gasteiger partial charge on any atom is -0.484 e. The molecule has 2 saturated heterocycles. The second-order valence-corrected chi connectivity index (χ2v) is 8.79. The Morgan fingerprint density at radius 3 is 2.52 bits per heavy atom. The maximum Gasteiger partial charge on any atom is 0.260 e. The molecular weight excluding hydrogens is 422 g/mol. The van der Waals surface area contributed by atoms with Crippen molar-refractivity contribution >= 4 is 11.8 Å². The molecule has 0 aliphatic carbocycles. The lowest BCUT2D eigenvalue weighted by atomic mass is 9.89. The van der Waals surface area contributed by atoms with Crippen molar-refractivity contribution in [2.24, 2.45) is 5.73 Å². The summed E-state index contributed by atoms with van der Waals surface area (Å²) in [4.78, 5) is 28.7. The van der Waals surface area contributed by atoms with Crippen molar-refractivity contribution in [1.82, 2.24) is 9.80 Å². The Balaban J connectivity index is 1.37. The van der Waals surface area contributed by atoms with Crippen molar-refractivity contribution in [3.8, 4) is 5.75 Å². The topological polar surface area (TPSA) is 116 Å². The average molecular weight is 454 g/mol. The number of hydrogen-bond acceptors (Lipinski definition) is 6. The van der Waals surface area contributed by atoms with E-state index in [4.69, 9.17) is 10.5 Å². The minimum absolute atomic E-state index is 0.0581. The highest BCUT2D eigenvalue weighted by Crippen LogP contribution is 2.29. The van der Waals surface area contributed by atoms with Gasteiger partial charge >= 0.3 is 0 Å². The molecule has 2 aromatic carbocycles. The number of likely N-dealkylation sites (tertiary alicyclic amines) is 2. The van der Waals surface area contributed by atoms with Crippen molar-refractivity contribution in [3.63, 3.8) is 0 Å². The molecule has 2 aliphatic heterocycles. The quantitative estimate of drug-likeness (QED) is 0.603. The van der Waals surface area contributed by atoms with Gasteiger partial charge in [0.1, 0.15) is 5.75 Å². The zero-order valence-corrected chi connectivity index (χ0v) is 18.6. The molecular formula is C25H31N3O5. The number of β-amino-alcohol motifs (C(OH)–C–C–N with tert-alkyl or cyclic N) is 2. The lowest BCUT2D eigenvalue weighted by Crippen LogP contribution is -2.39. The number of carbonyl (C=O) groups excluding carboxylic acids is 2. The minimum atomic E-state index is -0.930. The molecule has 0 aromatic heterocycles. The summed E-state index contributed by atoms with van der Waals surface area (Å²) in [5.41, 5.74) is 8.60. The van der Waals surface area contributed by atoms with Crippen molar-refractivity contribution in [3.05, 3.63) is 65.2 Å². The number of rotatable bonds is 6. The summed E-state index contributed by atoms with van der Waals surface area (Å²) in [6, 6.07) is 15.1. The van der Waals surface area contributed by atoms with Gasteiger partial charge in [-0.3, -0.25) is 9.59 Å². The van der Waals surface area contributed by atoms with E-state index < -0.39 is 12.2 Å². The number of amides is 2. The standard InChI is InChI=1S/C25H31N3O5/c26-12-17-4-1-5-18(10-17)20-7-3-9-27(13-20)25(32)19-6-2-8-21(11-19)33-16-24(31)28-14-22(29)23(30)15-28/h1-2,4-6,8,10-11,20,22-23,29-30H,3,7,9,12-16,26H2/t20?,22-,23+. The van der Waals surface area contributed by atoms with Gasteiger partial charge in [0, 0.05) is 44.2 Å². The molecule has 0 spiro atoms. The van der Waals surface area contributed by atoms with Crippen molar-refractivity contribution < 1.29 is 24.5 Å². The van der Waals surface area contributed by atoms with E-state index in [0.717, 1.165) is 18.4 Å². The summed E-state index contributed by atoms with van der Waals surface area (Å²) in [5, 5.41) is 19.2. The first-order valence-electron chi connectivity index (χ1n) is 11.4. The first kappa shape index (κ1) is 23.2. The highest BCUT2D eigenvalue weighted by molar-refractivity contribution is 5.94. The normalized spacial score (nSPS) is 22.9. The second-order valence-electron chi connectivity index (χ2n) is 8.79. The third-order valence-corrected chi connectivity index (χ3v) is 6.42. The van der Waals surface area contributed by atoms with E-state index in [9.17, 15) is 19.8 Å². The predicted molar refractivity (Wildman–Crippen MR) is 123 cm³/mol. The number of nitrogens with zero attached hydrogens (tertiary/aromatic N) is 2. The van der Waals surface area contributed by atoms with E-state index in [-0.39, 0.29) is 37.4 Å². The second kappa shape index (κ2) is 10.3. The summed E-state index contributed by atoms with van der Waals surface area (Å²) in [7, 11) is 0. The molecule has 176 valence electrons. The zero-order chi connectivity index (χ0) is 23.4. The summed E-state index contributed by atoms with van der Waals surface area (Å²) in [5.74, 6) is 0.328. The van der Waals surface area contributed by atoms with E-state index in [2.05, 4.69) is 12.1 Å². The molecule has 4 N–H and O–H groups in total. The molecule has 0 radical (unpaired) electrons. The Kier molecular flexibility index (Phi) is 7.27. The number of aliphatic hydroxyl groups is 2. The molecule has 0 saturated carbocycles. The molecule has 2 heterocycles. The lowest BCUT2D eigenvalue weighted by Gasteiger charge is -2.33. The van der Waals surface area contributed by atoms with Gasteiger partial charge in [0.2, 0.25) is 0 Å². The van der Waals surface area contributed by atoms with Crippen LogP contribution in [0.25, 0.3) is 0 Å². The maximum absolute atomic E-state index is 13.2. The molecule has 1 unspecified atom stereocenters. The van der Waals surface area contributed by atoms with E-state index >= 15 is 0 Å². The Morgan fingerprint density at radius 1 is 1.00 bits per heavy atom. The Bertz CT molecular complexity index is 988. The van der Waals surface area contributed by atoms with Gasteiger partial charge in [0.15, 0.2) is 6.61 Å². The third-order valence-electron chi connectivity index (χ3n) is 6.42. The lowest BCUT2D eigenvalue weighted by molar-refractivity contribution is -0.132. The van der Waals surface area contributed by atoms with Crippen LogP contribution in [0.1, 0.15) is 40.2 Å². The van der Waals surface area contributed by atoms with Crippen LogP contribution in [0.2, 0.25) is 0 Å². The molecule has 0 bridgehead atoms. The number of aliphatic hydroxyl groups excluding tert-OH is 2. The highest BCUT2D eigenvalue weighted by Gasteiger charge is 2.32. The summed E-state index contributed by atoms with van der Waals surface area (Å²) in [6.07, 6.45) is 0.104.